The Balaban J connectivity index is 2.22. The van der Waals surface area contributed by atoms with Crippen LogP contribution >= 0.6 is 0 Å². The van der Waals surface area contributed by atoms with Crippen LogP contribution in [-0.4, -0.2) is 14.7 Å². The third kappa shape index (κ3) is 1.66. The fourth-order valence-corrected chi connectivity index (χ4v) is 2.90. The molecular weight excluding hydrogens is 224 g/mol. The van der Waals surface area contributed by atoms with Crippen LogP contribution in [0.4, 0.5) is 0 Å². The van der Waals surface area contributed by atoms with Gasteiger partial charge < -0.3 is 9.67 Å². The topological polar surface area (TPSA) is 38.0 Å². The Hall–Kier alpha value is -1.61. The van der Waals surface area contributed by atoms with Gasteiger partial charge in [0.15, 0.2) is 0 Å². The van der Waals surface area contributed by atoms with Gasteiger partial charge in [-0.2, -0.15) is 0 Å². The predicted molar refractivity (Wildman–Crippen MR) is 70.9 cm³/mol. The number of aliphatic hydroxyl groups is 1. The number of fused-ring (bicyclic) bond motifs is 1. The number of hydrogen-bond donors (Lipinski definition) is 1. The second kappa shape index (κ2) is 4.25. The number of aryl methyl sites for hydroxylation is 2. The lowest BCUT2D eigenvalue weighted by atomic mass is 9.95. The summed E-state index contributed by atoms with van der Waals surface area (Å²) in [6, 6.07) is 4.14. The highest BCUT2D eigenvalue weighted by molar-refractivity contribution is 5.45. The van der Waals surface area contributed by atoms with Crippen LogP contribution in [0.15, 0.2) is 24.5 Å². The van der Waals surface area contributed by atoms with Crippen molar-refractivity contribution in [1.29, 1.82) is 0 Å². The summed E-state index contributed by atoms with van der Waals surface area (Å²) in [6.07, 6.45) is 6.39. The van der Waals surface area contributed by atoms with Crippen molar-refractivity contribution in [3.63, 3.8) is 0 Å². The molecular formula is C15H18N2O. The van der Waals surface area contributed by atoms with Crippen molar-refractivity contribution < 1.29 is 5.11 Å². The van der Waals surface area contributed by atoms with E-state index in [-0.39, 0.29) is 6.10 Å². The van der Waals surface area contributed by atoms with Gasteiger partial charge in [0.25, 0.3) is 0 Å². The lowest BCUT2D eigenvalue weighted by Crippen LogP contribution is -2.12. The van der Waals surface area contributed by atoms with E-state index in [2.05, 4.69) is 29.5 Å². The molecule has 1 aliphatic carbocycles. The van der Waals surface area contributed by atoms with Crippen LogP contribution in [-0.2, 0) is 6.42 Å². The molecule has 0 fully saturated rings. The third-order valence-electron chi connectivity index (χ3n) is 3.82. The molecule has 0 spiro atoms. The van der Waals surface area contributed by atoms with Crippen molar-refractivity contribution in [3.05, 3.63) is 47.0 Å². The minimum absolute atomic E-state index is 0.300. The van der Waals surface area contributed by atoms with Gasteiger partial charge in [-0.15, -0.1) is 0 Å². The van der Waals surface area contributed by atoms with Crippen molar-refractivity contribution in [2.24, 2.45) is 0 Å². The van der Waals surface area contributed by atoms with E-state index < -0.39 is 0 Å². The van der Waals surface area contributed by atoms with Crippen LogP contribution in [0, 0.1) is 13.8 Å². The first-order chi connectivity index (χ1) is 8.68. The molecule has 1 atom stereocenters. The largest absolute Gasteiger partial charge is 0.388 e. The molecule has 0 aromatic carbocycles. The Bertz CT molecular complexity index is 586. The summed E-state index contributed by atoms with van der Waals surface area (Å²) in [5.74, 6) is 0. The van der Waals surface area contributed by atoms with Gasteiger partial charge in [0, 0.05) is 23.1 Å². The summed E-state index contributed by atoms with van der Waals surface area (Å²) in [4.78, 5) is 4.23. The number of aromatic nitrogens is 2. The fourth-order valence-electron chi connectivity index (χ4n) is 2.90. The minimum atomic E-state index is -0.300. The minimum Gasteiger partial charge on any atom is -0.388 e. The lowest BCUT2D eigenvalue weighted by molar-refractivity contribution is 0.156. The number of nitrogens with zero attached hydrogens (tertiary/aromatic N) is 2. The van der Waals surface area contributed by atoms with Gasteiger partial charge in [0.2, 0.25) is 0 Å². The summed E-state index contributed by atoms with van der Waals surface area (Å²) < 4.78 is 2.25. The predicted octanol–water partition coefficient (Wildman–Crippen LogP) is 2.86. The molecule has 0 saturated carbocycles. The molecule has 0 amide bonds. The molecule has 18 heavy (non-hydrogen) atoms. The number of aliphatic hydroxyl groups excluding tert-OH is 1. The molecule has 1 N–H and O–H groups in total. The summed E-state index contributed by atoms with van der Waals surface area (Å²) in [6.45, 7) is 4.19. The smallest absolute Gasteiger partial charge is 0.0807 e. The highest BCUT2D eigenvalue weighted by atomic mass is 16.3. The first kappa shape index (κ1) is 11.5. The lowest BCUT2D eigenvalue weighted by Gasteiger charge is -2.21. The quantitative estimate of drug-likeness (QED) is 0.835. The Morgan fingerprint density at radius 1 is 1.39 bits per heavy atom. The molecule has 1 unspecified atom stereocenters. The van der Waals surface area contributed by atoms with Crippen molar-refractivity contribution in [3.8, 4) is 5.69 Å². The number of hydrogen-bond acceptors (Lipinski definition) is 2. The van der Waals surface area contributed by atoms with Crippen molar-refractivity contribution >= 4 is 0 Å². The molecule has 94 valence electrons. The van der Waals surface area contributed by atoms with E-state index >= 15 is 0 Å². The first-order valence-electron chi connectivity index (χ1n) is 6.48. The van der Waals surface area contributed by atoms with Gasteiger partial charge >= 0.3 is 0 Å². The Labute approximate surface area is 107 Å². The van der Waals surface area contributed by atoms with E-state index in [9.17, 15) is 5.11 Å². The van der Waals surface area contributed by atoms with E-state index in [0.29, 0.717) is 0 Å². The van der Waals surface area contributed by atoms with Crippen LogP contribution in [0.2, 0.25) is 0 Å². The number of pyridine rings is 1. The molecule has 2 heterocycles. The summed E-state index contributed by atoms with van der Waals surface area (Å²) >= 11 is 0. The average Bonchev–Trinajstić information content (AvgIpc) is 2.68. The zero-order valence-corrected chi connectivity index (χ0v) is 10.8. The summed E-state index contributed by atoms with van der Waals surface area (Å²) in [7, 11) is 0. The summed E-state index contributed by atoms with van der Waals surface area (Å²) in [5.41, 5.74) is 5.87. The molecule has 2 aromatic heterocycles. The summed E-state index contributed by atoms with van der Waals surface area (Å²) in [5, 5.41) is 10.1. The molecule has 0 radical (unpaired) electrons. The SMILES string of the molecule is Cc1ccncc1-n1c(C)cc2c1CCCC2O. The van der Waals surface area contributed by atoms with Gasteiger partial charge in [0.05, 0.1) is 18.0 Å². The monoisotopic (exact) mass is 242 g/mol. The molecule has 0 aliphatic heterocycles. The number of rotatable bonds is 1. The maximum atomic E-state index is 10.1. The van der Waals surface area contributed by atoms with Crippen LogP contribution < -0.4 is 0 Å². The van der Waals surface area contributed by atoms with E-state index in [1.165, 1.54) is 17.0 Å². The van der Waals surface area contributed by atoms with Gasteiger partial charge in [-0.25, -0.2) is 0 Å². The molecule has 1 aliphatic rings. The van der Waals surface area contributed by atoms with Gasteiger partial charge in [-0.3, -0.25) is 4.98 Å². The molecule has 2 aromatic rings. The van der Waals surface area contributed by atoms with E-state index in [4.69, 9.17) is 0 Å². The normalized spacial score (nSPS) is 18.7. The average molecular weight is 242 g/mol. The molecule has 3 nitrogen and oxygen atoms in total. The zero-order chi connectivity index (χ0) is 12.7. The fraction of sp³-hybridized carbons (Fsp3) is 0.400. The van der Waals surface area contributed by atoms with Crippen LogP contribution in [0.5, 0.6) is 0 Å². The van der Waals surface area contributed by atoms with Crippen LogP contribution in [0.3, 0.4) is 0 Å². The van der Waals surface area contributed by atoms with Gasteiger partial charge in [-0.05, 0) is 50.8 Å². The second-order valence-electron chi connectivity index (χ2n) is 5.09. The zero-order valence-electron chi connectivity index (χ0n) is 10.8. The van der Waals surface area contributed by atoms with Gasteiger partial charge in [-0.1, -0.05) is 0 Å². The Morgan fingerprint density at radius 3 is 3.00 bits per heavy atom. The highest BCUT2D eigenvalue weighted by Gasteiger charge is 2.24. The maximum absolute atomic E-state index is 10.1. The van der Waals surface area contributed by atoms with Gasteiger partial charge in [0.1, 0.15) is 0 Å². The van der Waals surface area contributed by atoms with E-state index in [1.807, 2.05) is 18.5 Å². The third-order valence-corrected chi connectivity index (χ3v) is 3.82. The van der Waals surface area contributed by atoms with Crippen LogP contribution in [0.25, 0.3) is 5.69 Å². The Kier molecular flexibility index (Phi) is 2.71. The molecule has 0 saturated heterocycles. The molecule has 3 heteroatoms. The van der Waals surface area contributed by atoms with E-state index in [1.54, 1.807) is 0 Å². The van der Waals surface area contributed by atoms with E-state index in [0.717, 1.165) is 30.5 Å². The van der Waals surface area contributed by atoms with Crippen molar-refractivity contribution in [2.75, 3.05) is 0 Å². The Morgan fingerprint density at radius 2 is 2.22 bits per heavy atom. The van der Waals surface area contributed by atoms with Crippen LogP contribution in [0.1, 0.15) is 41.5 Å². The maximum Gasteiger partial charge on any atom is 0.0807 e. The van der Waals surface area contributed by atoms with Crippen molar-refractivity contribution in [2.45, 2.75) is 39.2 Å². The van der Waals surface area contributed by atoms with Crippen molar-refractivity contribution in [1.82, 2.24) is 9.55 Å². The first-order valence-corrected chi connectivity index (χ1v) is 6.48. The molecule has 3 rings (SSSR count). The molecule has 0 bridgehead atoms. The standard InChI is InChI=1S/C15H18N2O/c1-10-6-7-16-9-14(10)17-11(2)8-12-13(17)4-3-5-15(12)18/h6-9,15,18H,3-5H2,1-2H3. The second-order valence-corrected chi connectivity index (χ2v) is 5.09. The highest BCUT2D eigenvalue weighted by Crippen LogP contribution is 2.34.